The molecule has 0 bridgehead atoms. The topological polar surface area (TPSA) is 59.1 Å². The molecule has 168 valence electrons. The second-order valence-electron chi connectivity index (χ2n) is 9.38. The number of hydrogen-bond donors (Lipinski definition) is 2. The van der Waals surface area contributed by atoms with E-state index in [1.54, 1.807) is 0 Å². The minimum absolute atomic E-state index is 0.707. The van der Waals surface area contributed by atoms with Crippen LogP contribution >= 0.6 is 0 Å². The summed E-state index contributed by atoms with van der Waals surface area (Å²) in [5.41, 5.74) is 12.3. The normalized spacial score (nSPS) is 14.0. The zero-order valence-electron chi connectivity index (χ0n) is 19.5. The molecule has 2 heterocycles. The molecule has 0 spiro atoms. The van der Waals surface area contributed by atoms with Crippen molar-refractivity contribution in [1.29, 1.82) is 0 Å². The van der Waals surface area contributed by atoms with E-state index in [9.17, 15) is 0 Å². The first-order chi connectivity index (χ1) is 15.7. The largest absolute Gasteiger partial charge is 0.384 e. The number of nitrogens with zero attached hydrogens (tertiary/aromatic N) is 3. The molecule has 2 aromatic carbocycles. The Morgan fingerprint density at radius 3 is 2.72 bits per heavy atom. The lowest BCUT2D eigenvalue weighted by atomic mass is 9.92. The van der Waals surface area contributed by atoms with E-state index in [1.165, 1.54) is 56.8 Å². The number of aromatic nitrogens is 2. The van der Waals surface area contributed by atoms with Crippen LogP contribution in [0.2, 0.25) is 0 Å². The summed E-state index contributed by atoms with van der Waals surface area (Å²) in [6.07, 6.45) is 6.75. The maximum atomic E-state index is 5.83. The third kappa shape index (κ3) is 3.74. The predicted octanol–water partition coefficient (Wildman–Crippen LogP) is 4.93. The molecular weight excluding hydrogens is 394 g/mol. The van der Waals surface area contributed by atoms with E-state index < -0.39 is 0 Å². The number of rotatable bonds is 8. The summed E-state index contributed by atoms with van der Waals surface area (Å²) in [7, 11) is 4.29. The van der Waals surface area contributed by atoms with Gasteiger partial charge in [-0.2, -0.15) is 0 Å². The molecule has 1 aliphatic carbocycles. The highest BCUT2D eigenvalue weighted by molar-refractivity contribution is 6.23. The van der Waals surface area contributed by atoms with Gasteiger partial charge in [-0.05, 0) is 88.1 Å². The molecule has 4 aromatic rings. The molecule has 3 N–H and O–H groups in total. The maximum Gasteiger partial charge on any atom is 0.143 e. The number of aryl methyl sites for hydroxylation is 2. The third-order valence-corrected chi connectivity index (χ3v) is 6.83. The fraction of sp³-hybridized carbons (Fsp3) is 0.444. The van der Waals surface area contributed by atoms with Gasteiger partial charge in [0.25, 0.3) is 0 Å². The standard InChI is InChI=1S/C27H35N5/c1-31(2)17-8-18-32-23-14-13-19-9-3-4-10-20(19)24(23)25-26(29-16-7-15-28)21-11-5-6-12-22(21)30-27(25)32/h3-4,9-10,13-14H,5-8,11-12,15-18,28H2,1-2H3,(H,29,30). The van der Waals surface area contributed by atoms with Crippen molar-refractivity contribution < 1.29 is 0 Å². The van der Waals surface area contributed by atoms with Gasteiger partial charge in [-0.3, -0.25) is 0 Å². The van der Waals surface area contributed by atoms with Crippen LogP contribution in [0.5, 0.6) is 0 Å². The molecule has 0 fully saturated rings. The Labute approximate surface area is 190 Å². The Kier molecular flexibility index (Phi) is 6.03. The first-order valence-electron chi connectivity index (χ1n) is 12.1. The van der Waals surface area contributed by atoms with Crippen LogP contribution in [0.3, 0.4) is 0 Å². The van der Waals surface area contributed by atoms with Gasteiger partial charge in [-0.1, -0.05) is 30.3 Å². The summed E-state index contributed by atoms with van der Waals surface area (Å²) in [5, 5.41) is 9.08. The van der Waals surface area contributed by atoms with Crippen LogP contribution in [-0.2, 0) is 19.4 Å². The smallest absolute Gasteiger partial charge is 0.143 e. The van der Waals surface area contributed by atoms with Gasteiger partial charge in [0.1, 0.15) is 5.65 Å². The van der Waals surface area contributed by atoms with Crippen molar-refractivity contribution in [2.45, 2.75) is 45.1 Å². The Hall–Kier alpha value is -2.63. The molecule has 5 heteroatoms. The molecule has 0 radical (unpaired) electrons. The number of nitrogens with two attached hydrogens (primary N) is 1. The monoisotopic (exact) mass is 429 g/mol. The van der Waals surface area contributed by atoms with Crippen LogP contribution in [0.15, 0.2) is 36.4 Å². The van der Waals surface area contributed by atoms with E-state index in [1.807, 2.05) is 0 Å². The minimum atomic E-state index is 0.707. The van der Waals surface area contributed by atoms with E-state index >= 15 is 0 Å². The van der Waals surface area contributed by atoms with Gasteiger partial charge in [-0.25, -0.2) is 4.98 Å². The van der Waals surface area contributed by atoms with Crippen molar-refractivity contribution in [2.75, 3.05) is 39.0 Å². The number of pyridine rings is 1. The molecular formula is C27H35N5. The van der Waals surface area contributed by atoms with Gasteiger partial charge in [-0.15, -0.1) is 0 Å². The maximum absolute atomic E-state index is 5.83. The molecule has 1 aliphatic rings. The van der Waals surface area contributed by atoms with Crippen LogP contribution in [0.25, 0.3) is 32.7 Å². The Balaban J connectivity index is 1.82. The lowest BCUT2D eigenvalue weighted by molar-refractivity contribution is 0.389. The average molecular weight is 430 g/mol. The van der Waals surface area contributed by atoms with Crippen molar-refractivity contribution >= 4 is 38.4 Å². The van der Waals surface area contributed by atoms with E-state index in [4.69, 9.17) is 10.7 Å². The van der Waals surface area contributed by atoms with Crippen LogP contribution in [0, 0.1) is 0 Å². The van der Waals surface area contributed by atoms with Crippen molar-refractivity contribution in [2.24, 2.45) is 5.73 Å². The Morgan fingerprint density at radius 1 is 1.03 bits per heavy atom. The van der Waals surface area contributed by atoms with E-state index in [2.05, 4.69) is 65.3 Å². The molecule has 0 atom stereocenters. The van der Waals surface area contributed by atoms with Crippen LogP contribution in [-0.4, -0.2) is 48.2 Å². The zero-order valence-corrected chi connectivity index (χ0v) is 19.5. The van der Waals surface area contributed by atoms with E-state index in [-0.39, 0.29) is 0 Å². The van der Waals surface area contributed by atoms with Crippen LogP contribution in [0.4, 0.5) is 5.69 Å². The zero-order chi connectivity index (χ0) is 22.1. The molecule has 0 aliphatic heterocycles. The number of nitrogens with one attached hydrogen (secondary N) is 1. The first kappa shape index (κ1) is 21.2. The number of fused-ring (bicyclic) bond motifs is 6. The Bertz CT molecular complexity index is 1250. The summed E-state index contributed by atoms with van der Waals surface area (Å²) in [4.78, 5) is 7.59. The first-order valence-corrected chi connectivity index (χ1v) is 12.1. The Morgan fingerprint density at radius 2 is 1.88 bits per heavy atom. The van der Waals surface area contributed by atoms with Gasteiger partial charge < -0.3 is 20.5 Å². The molecule has 32 heavy (non-hydrogen) atoms. The van der Waals surface area contributed by atoms with Crippen LogP contribution < -0.4 is 11.1 Å². The lowest BCUT2D eigenvalue weighted by Gasteiger charge is -2.21. The van der Waals surface area contributed by atoms with Gasteiger partial charge in [0.15, 0.2) is 0 Å². The van der Waals surface area contributed by atoms with Gasteiger partial charge in [0.2, 0.25) is 0 Å². The van der Waals surface area contributed by atoms with Crippen molar-refractivity contribution in [1.82, 2.24) is 14.5 Å². The quantitative estimate of drug-likeness (QED) is 0.390. The fourth-order valence-electron chi connectivity index (χ4n) is 5.30. The molecule has 2 aromatic heterocycles. The SMILES string of the molecule is CN(C)CCCn1c2ccc3ccccc3c2c2c(NCCCN)c3c(nc21)CCCC3. The highest BCUT2D eigenvalue weighted by atomic mass is 15.1. The fourth-order valence-corrected chi connectivity index (χ4v) is 5.30. The summed E-state index contributed by atoms with van der Waals surface area (Å²) >= 11 is 0. The van der Waals surface area contributed by atoms with Gasteiger partial charge in [0.05, 0.1) is 16.6 Å². The number of hydrogen-bond acceptors (Lipinski definition) is 4. The van der Waals surface area contributed by atoms with Crippen molar-refractivity contribution in [3.63, 3.8) is 0 Å². The molecule has 5 nitrogen and oxygen atoms in total. The van der Waals surface area contributed by atoms with Gasteiger partial charge >= 0.3 is 0 Å². The molecule has 0 saturated heterocycles. The summed E-state index contributed by atoms with van der Waals surface area (Å²) in [6, 6.07) is 13.3. The second kappa shape index (κ2) is 9.08. The molecule has 0 saturated carbocycles. The van der Waals surface area contributed by atoms with Gasteiger partial charge in [0, 0.05) is 24.2 Å². The molecule has 0 amide bonds. The second-order valence-corrected chi connectivity index (χ2v) is 9.38. The lowest BCUT2D eigenvalue weighted by Crippen LogP contribution is -2.16. The highest BCUT2D eigenvalue weighted by Crippen LogP contribution is 2.42. The van der Waals surface area contributed by atoms with Crippen molar-refractivity contribution in [3.8, 4) is 0 Å². The summed E-state index contributed by atoms with van der Waals surface area (Å²) in [6.45, 7) is 3.66. The van der Waals surface area contributed by atoms with Crippen LogP contribution in [0.1, 0.15) is 36.9 Å². The minimum Gasteiger partial charge on any atom is -0.384 e. The molecule has 5 rings (SSSR count). The van der Waals surface area contributed by atoms with E-state index in [0.29, 0.717) is 6.54 Å². The third-order valence-electron chi connectivity index (χ3n) is 6.83. The number of anilines is 1. The summed E-state index contributed by atoms with van der Waals surface area (Å²) < 4.78 is 2.48. The molecule has 0 unspecified atom stereocenters. The average Bonchev–Trinajstić information content (AvgIpc) is 3.12. The predicted molar refractivity (Wildman–Crippen MR) is 137 cm³/mol. The summed E-state index contributed by atoms with van der Waals surface area (Å²) in [5.74, 6) is 0. The van der Waals surface area contributed by atoms with E-state index in [0.717, 1.165) is 51.0 Å². The van der Waals surface area contributed by atoms with Crippen molar-refractivity contribution in [3.05, 3.63) is 47.7 Å². The highest BCUT2D eigenvalue weighted by Gasteiger charge is 2.24. The number of benzene rings is 2.